The largest absolute Gasteiger partial charge is 0.486 e. The summed E-state index contributed by atoms with van der Waals surface area (Å²) in [5, 5.41) is 9.26. The summed E-state index contributed by atoms with van der Waals surface area (Å²) in [6.45, 7) is 4.14. The molecule has 0 atom stereocenters. The molecule has 4 aromatic rings. The number of furan rings is 1. The van der Waals surface area contributed by atoms with Crippen LogP contribution in [0.25, 0.3) is 11.0 Å². The molecule has 2 heterocycles. The Hall–Kier alpha value is -4.00. The second-order valence-corrected chi connectivity index (χ2v) is 7.24. The molecule has 31 heavy (non-hydrogen) atoms. The number of carboxylic acid groups (broad SMARTS) is 1. The number of aromatic carboxylic acids is 1. The lowest BCUT2D eigenvalue weighted by Crippen LogP contribution is -2.06. The predicted octanol–water partition coefficient (Wildman–Crippen LogP) is 5.58. The molecular weight excluding hydrogens is 400 g/mol. The summed E-state index contributed by atoms with van der Waals surface area (Å²) < 4.78 is 22.3. The van der Waals surface area contributed by atoms with Gasteiger partial charge < -0.3 is 23.4 Å². The Morgan fingerprint density at radius 1 is 1.06 bits per heavy atom. The molecule has 2 aromatic heterocycles. The summed E-state index contributed by atoms with van der Waals surface area (Å²) in [6, 6.07) is 15.3. The van der Waals surface area contributed by atoms with Crippen LogP contribution in [0.4, 0.5) is 0 Å². The molecule has 7 nitrogen and oxygen atoms in total. The van der Waals surface area contributed by atoms with Crippen LogP contribution in [0.5, 0.6) is 17.2 Å². The van der Waals surface area contributed by atoms with E-state index in [9.17, 15) is 9.59 Å². The number of carbonyl (C=O) groups is 1. The lowest BCUT2D eigenvalue weighted by atomic mass is 10.0. The summed E-state index contributed by atoms with van der Waals surface area (Å²) in [5.74, 6) is 0.468. The van der Waals surface area contributed by atoms with Crippen molar-refractivity contribution in [1.29, 1.82) is 0 Å². The Labute approximate surface area is 177 Å². The normalized spacial score (nSPS) is 11.1. The van der Waals surface area contributed by atoms with Crippen molar-refractivity contribution in [1.82, 2.24) is 0 Å². The van der Waals surface area contributed by atoms with Crippen LogP contribution in [-0.2, 0) is 6.61 Å². The molecule has 0 bridgehead atoms. The van der Waals surface area contributed by atoms with Gasteiger partial charge in [-0.25, -0.2) is 4.79 Å². The number of para-hydroxylation sites is 1. The predicted molar refractivity (Wildman–Crippen MR) is 113 cm³/mol. The van der Waals surface area contributed by atoms with Crippen LogP contribution < -0.4 is 14.9 Å². The highest BCUT2D eigenvalue weighted by Crippen LogP contribution is 2.30. The molecule has 4 rings (SSSR count). The van der Waals surface area contributed by atoms with Crippen molar-refractivity contribution in [3.05, 3.63) is 88.2 Å². The van der Waals surface area contributed by atoms with Gasteiger partial charge in [0.25, 0.3) is 0 Å². The minimum Gasteiger partial charge on any atom is -0.486 e. The zero-order valence-corrected chi connectivity index (χ0v) is 17.0. The maximum Gasteiger partial charge on any atom is 0.371 e. The fraction of sp³-hybridized carbons (Fsp3) is 0.167. The first-order valence-corrected chi connectivity index (χ1v) is 9.69. The molecule has 0 aliphatic rings. The number of ether oxygens (including phenoxy) is 2. The van der Waals surface area contributed by atoms with Gasteiger partial charge in [0, 0.05) is 6.07 Å². The fourth-order valence-corrected chi connectivity index (χ4v) is 3.14. The van der Waals surface area contributed by atoms with Gasteiger partial charge in [0.15, 0.2) is 0 Å². The molecule has 0 aliphatic heterocycles. The van der Waals surface area contributed by atoms with Crippen molar-refractivity contribution in [2.45, 2.75) is 26.4 Å². The zero-order chi connectivity index (χ0) is 22.0. The van der Waals surface area contributed by atoms with Crippen LogP contribution in [-0.4, -0.2) is 11.1 Å². The second kappa shape index (κ2) is 8.39. The van der Waals surface area contributed by atoms with E-state index in [0.29, 0.717) is 28.2 Å². The number of carboxylic acids is 1. The Morgan fingerprint density at radius 2 is 1.87 bits per heavy atom. The molecule has 0 radical (unpaired) electrons. The van der Waals surface area contributed by atoms with E-state index >= 15 is 0 Å². The lowest BCUT2D eigenvalue weighted by molar-refractivity contribution is 0.0658. The van der Waals surface area contributed by atoms with Gasteiger partial charge in [0.1, 0.15) is 35.7 Å². The minimum atomic E-state index is -1.15. The standard InChI is InChI=1S/C24H20O7/c1-14(2)17-5-3-4-6-19(17)31-22-13-29-21-11-15(7-9-18(21)23(22)25)28-12-16-8-10-20(30-16)24(26)27/h3-11,13-14H,12H2,1-2H3,(H,26,27). The van der Waals surface area contributed by atoms with E-state index in [1.54, 1.807) is 18.2 Å². The minimum absolute atomic E-state index is 0.0379. The monoisotopic (exact) mass is 420 g/mol. The molecule has 0 amide bonds. The first kappa shape index (κ1) is 20.3. The number of benzene rings is 2. The smallest absolute Gasteiger partial charge is 0.371 e. The van der Waals surface area contributed by atoms with Crippen molar-refractivity contribution in [2.75, 3.05) is 0 Å². The van der Waals surface area contributed by atoms with Gasteiger partial charge in [-0.15, -0.1) is 0 Å². The highest BCUT2D eigenvalue weighted by Gasteiger charge is 2.14. The van der Waals surface area contributed by atoms with Gasteiger partial charge >= 0.3 is 5.97 Å². The summed E-state index contributed by atoms with van der Waals surface area (Å²) in [5.41, 5.74) is 1.05. The maximum atomic E-state index is 12.9. The van der Waals surface area contributed by atoms with Gasteiger partial charge in [-0.3, -0.25) is 4.79 Å². The Morgan fingerprint density at radius 3 is 2.61 bits per heavy atom. The average molecular weight is 420 g/mol. The van der Waals surface area contributed by atoms with E-state index in [0.717, 1.165) is 5.56 Å². The molecule has 2 aromatic carbocycles. The van der Waals surface area contributed by atoms with Crippen LogP contribution >= 0.6 is 0 Å². The van der Waals surface area contributed by atoms with Crippen molar-refractivity contribution in [3.8, 4) is 17.2 Å². The Balaban J connectivity index is 1.55. The van der Waals surface area contributed by atoms with Gasteiger partial charge in [-0.05, 0) is 41.8 Å². The van der Waals surface area contributed by atoms with Crippen molar-refractivity contribution in [2.24, 2.45) is 0 Å². The molecule has 1 N–H and O–H groups in total. The maximum absolute atomic E-state index is 12.9. The number of hydrogen-bond donors (Lipinski definition) is 1. The van der Waals surface area contributed by atoms with E-state index in [1.807, 2.05) is 24.3 Å². The highest BCUT2D eigenvalue weighted by molar-refractivity contribution is 5.84. The van der Waals surface area contributed by atoms with Gasteiger partial charge in [-0.2, -0.15) is 0 Å². The molecule has 7 heteroatoms. The van der Waals surface area contributed by atoms with Crippen molar-refractivity contribution < 1.29 is 28.2 Å². The first-order chi connectivity index (χ1) is 14.9. The Bertz CT molecular complexity index is 1300. The quantitative estimate of drug-likeness (QED) is 0.417. The van der Waals surface area contributed by atoms with E-state index in [4.69, 9.17) is 23.4 Å². The Kier molecular flexibility index (Phi) is 5.49. The highest BCUT2D eigenvalue weighted by atomic mass is 16.5. The zero-order valence-electron chi connectivity index (χ0n) is 17.0. The number of rotatable bonds is 7. The number of hydrogen-bond acceptors (Lipinski definition) is 6. The molecule has 0 fully saturated rings. The summed E-state index contributed by atoms with van der Waals surface area (Å²) in [7, 11) is 0. The third-order valence-electron chi connectivity index (χ3n) is 4.73. The third-order valence-corrected chi connectivity index (χ3v) is 4.73. The van der Waals surface area contributed by atoms with Gasteiger partial charge in [0.05, 0.1) is 5.39 Å². The summed E-state index contributed by atoms with van der Waals surface area (Å²) >= 11 is 0. The second-order valence-electron chi connectivity index (χ2n) is 7.24. The topological polar surface area (TPSA) is 99.1 Å². The van der Waals surface area contributed by atoms with Crippen LogP contribution in [0.3, 0.4) is 0 Å². The molecule has 0 spiro atoms. The first-order valence-electron chi connectivity index (χ1n) is 9.69. The van der Waals surface area contributed by atoms with Crippen LogP contribution in [0, 0.1) is 0 Å². The van der Waals surface area contributed by atoms with E-state index in [-0.39, 0.29) is 29.5 Å². The molecule has 0 saturated heterocycles. The summed E-state index contributed by atoms with van der Waals surface area (Å²) in [4.78, 5) is 23.7. The average Bonchev–Trinajstić information content (AvgIpc) is 3.24. The third kappa shape index (κ3) is 4.30. The molecule has 0 saturated carbocycles. The van der Waals surface area contributed by atoms with E-state index in [1.165, 1.54) is 18.4 Å². The van der Waals surface area contributed by atoms with Crippen LogP contribution in [0.1, 0.15) is 41.6 Å². The molecule has 0 aliphatic carbocycles. The molecule has 0 unspecified atom stereocenters. The van der Waals surface area contributed by atoms with Gasteiger partial charge in [0.2, 0.25) is 16.9 Å². The fourth-order valence-electron chi connectivity index (χ4n) is 3.14. The van der Waals surface area contributed by atoms with Crippen LogP contribution in [0.15, 0.2) is 74.5 Å². The summed E-state index contributed by atoms with van der Waals surface area (Å²) in [6.07, 6.45) is 1.29. The van der Waals surface area contributed by atoms with E-state index in [2.05, 4.69) is 13.8 Å². The lowest BCUT2D eigenvalue weighted by Gasteiger charge is -2.13. The van der Waals surface area contributed by atoms with E-state index < -0.39 is 5.97 Å². The molecular formula is C24H20O7. The molecule has 158 valence electrons. The number of fused-ring (bicyclic) bond motifs is 1. The van der Waals surface area contributed by atoms with Crippen molar-refractivity contribution in [3.63, 3.8) is 0 Å². The van der Waals surface area contributed by atoms with Crippen molar-refractivity contribution >= 4 is 16.9 Å². The van der Waals surface area contributed by atoms with Crippen LogP contribution in [0.2, 0.25) is 0 Å². The SMILES string of the molecule is CC(C)c1ccccc1Oc1coc2cc(OCc3ccc(C(=O)O)o3)ccc2c1=O. The van der Waals surface area contributed by atoms with Gasteiger partial charge in [-0.1, -0.05) is 32.0 Å².